The highest BCUT2D eigenvalue weighted by molar-refractivity contribution is 5.58. The molecule has 0 unspecified atom stereocenters. The van der Waals surface area contributed by atoms with E-state index in [-0.39, 0.29) is 0 Å². The molecule has 1 aromatic carbocycles. The molecule has 0 aliphatic rings. The van der Waals surface area contributed by atoms with Crippen molar-refractivity contribution in [2.75, 3.05) is 6.54 Å². The predicted molar refractivity (Wildman–Crippen MR) is 70.9 cm³/mol. The third kappa shape index (κ3) is 3.44. The summed E-state index contributed by atoms with van der Waals surface area (Å²) >= 11 is 0. The Morgan fingerprint density at radius 2 is 2.00 bits per heavy atom. The minimum atomic E-state index is -0.457. The molecule has 0 aliphatic heterocycles. The molecule has 1 aromatic heterocycles. The molecule has 0 amide bonds. The average molecular weight is 257 g/mol. The van der Waals surface area contributed by atoms with E-state index in [1.54, 1.807) is 6.92 Å². The van der Waals surface area contributed by atoms with E-state index in [1.165, 1.54) is 0 Å². The molecule has 0 saturated heterocycles. The molecule has 4 nitrogen and oxygen atoms in total. The zero-order valence-corrected chi connectivity index (χ0v) is 10.8. The first-order chi connectivity index (χ1) is 9.20. The van der Waals surface area contributed by atoms with Gasteiger partial charge in [-0.25, -0.2) is 0 Å². The first-order valence-corrected chi connectivity index (χ1v) is 6.26. The number of aliphatic hydroxyl groups is 1. The summed E-state index contributed by atoms with van der Waals surface area (Å²) < 4.78 is 5.71. The minimum Gasteiger partial charge on any atom is -0.455 e. The molecule has 3 N–H and O–H groups in total. The van der Waals surface area contributed by atoms with Crippen LogP contribution < -0.4 is 5.32 Å². The van der Waals surface area contributed by atoms with Crippen LogP contribution in [0.5, 0.6) is 0 Å². The molecule has 0 bridgehead atoms. The summed E-state index contributed by atoms with van der Waals surface area (Å²) in [5.41, 5.74) is 1.87. The summed E-state index contributed by atoms with van der Waals surface area (Å²) in [5.74, 6) is 1.65. The van der Waals surface area contributed by atoms with E-state index in [9.17, 15) is 5.11 Å². The van der Waals surface area contributed by atoms with E-state index in [2.05, 4.69) is 6.07 Å². The summed E-state index contributed by atoms with van der Waals surface area (Å²) in [6, 6.07) is 13.6. The fourth-order valence-corrected chi connectivity index (χ4v) is 1.85. The molecule has 19 heavy (non-hydrogen) atoms. The van der Waals surface area contributed by atoms with Gasteiger partial charge in [0.2, 0.25) is 0 Å². The smallest absolute Gasteiger partial charge is 0.163 e. The molecule has 98 valence electrons. The second-order valence-electron chi connectivity index (χ2n) is 4.42. The third-order valence-electron chi connectivity index (χ3n) is 2.92. The second kappa shape index (κ2) is 6.19. The van der Waals surface area contributed by atoms with Crippen molar-refractivity contribution in [1.29, 1.82) is 5.26 Å². The van der Waals surface area contributed by atoms with Gasteiger partial charge in [0.1, 0.15) is 18.4 Å². The fraction of sp³-hybridized carbons (Fsp3) is 0.267. The van der Waals surface area contributed by atoms with Crippen molar-refractivity contribution in [2.45, 2.75) is 19.6 Å². The second-order valence-corrected chi connectivity index (χ2v) is 4.42. The molecular weight excluding hydrogens is 240 g/mol. The fourth-order valence-electron chi connectivity index (χ4n) is 1.85. The first-order valence-electron chi connectivity index (χ1n) is 6.26. The highest BCUT2D eigenvalue weighted by Crippen LogP contribution is 2.23. The third-order valence-corrected chi connectivity index (χ3v) is 2.92. The lowest BCUT2D eigenvalue weighted by atomic mass is 10.1. The number of rotatable bonds is 5. The van der Waals surface area contributed by atoms with Crippen LogP contribution in [0.2, 0.25) is 0 Å². The Labute approximate surface area is 112 Å². The molecule has 0 aliphatic carbocycles. The summed E-state index contributed by atoms with van der Waals surface area (Å²) in [6.45, 7) is 2.84. The Balaban J connectivity index is 2.07. The quantitative estimate of drug-likeness (QED) is 0.631. The number of nitriles is 1. The molecule has 4 heteroatoms. The highest BCUT2D eigenvalue weighted by Gasteiger charge is 2.07. The van der Waals surface area contributed by atoms with Crippen molar-refractivity contribution in [1.82, 2.24) is 0 Å². The van der Waals surface area contributed by atoms with E-state index < -0.39 is 6.10 Å². The van der Waals surface area contributed by atoms with Crippen LogP contribution in [0.1, 0.15) is 24.4 Å². The number of nitrogens with two attached hydrogens (primary N) is 1. The molecule has 0 saturated carbocycles. The zero-order chi connectivity index (χ0) is 13.7. The molecule has 0 spiro atoms. The number of quaternary nitrogens is 1. The van der Waals surface area contributed by atoms with Gasteiger partial charge < -0.3 is 14.8 Å². The maximum atomic E-state index is 9.46. The normalized spacial score (nSPS) is 12.1. The Hall–Kier alpha value is -2.09. The minimum absolute atomic E-state index is 0.430. The van der Waals surface area contributed by atoms with Crippen LogP contribution in [0.3, 0.4) is 0 Å². The van der Waals surface area contributed by atoms with Gasteiger partial charge in [-0.3, -0.25) is 0 Å². The van der Waals surface area contributed by atoms with Crippen LogP contribution >= 0.6 is 0 Å². The number of furan rings is 1. The Morgan fingerprint density at radius 3 is 2.63 bits per heavy atom. The molecule has 0 fully saturated rings. The van der Waals surface area contributed by atoms with Crippen molar-refractivity contribution >= 4 is 0 Å². The van der Waals surface area contributed by atoms with Gasteiger partial charge in [0.15, 0.2) is 12.3 Å². The van der Waals surface area contributed by atoms with Gasteiger partial charge >= 0.3 is 0 Å². The van der Waals surface area contributed by atoms with Gasteiger partial charge in [0.25, 0.3) is 0 Å². The number of hydrogen-bond acceptors (Lipinski definition) is 3. The van der Waals surface area contributed by atoms with Gasteiger partial charge in [-0.2, -0.15) is 5.26 Å². The van der Waals surface area contributed by atoms with Gasteiger partial charge in [-0.1, -0.05) is 24.3 Å². The summed E-state index contributed by atoms with van der Waals surface area (Å²) in [6.07, 6.45) is -0.457. The summed E-state index contributed by atoms with van der Waals surface area (Å²) in [4.78, 5) is 0. The zero-order valence-electron chi connectivity index (χ0n) is 10.8. The van der Waals surface area contributed by atoms with E-state index in [0.717, 1.165) is 22.6 Å². The molecular formula is C15H17N2O2+. The van der Waals surface area contributed by atoms with E-state index in [0.29, 0.717) is 13.1 Å². The Kier molecular flexibility index (Phi) is 4.35. The summed E-state index contributed by atoms with van der Waals surface area (Å²) in [7, 11) is 0. The predicted octanol–water partition coefficient (Wildman–Crippen LogP) is 1.59. The Morgan fingerprint density at radius 1 is 1.26 bits per heavy atom. The lowest BCUT2D eigenvalue weighted by molar-refractivity contribution is -0.662. The van der Waals surface area contributed by atoms with E-state index in [4.69, 9.17) is 9.68 Å². The molecule has 1 atom stereocenters. The first kappa shape index (κ1) is 13.3. The maximum Gasteiger partial charge on any atom is 0.163 e. The van der Waals surface area contributed by atoms with Crippen LogP contribution in [0.15, 0.2) is 40.8 Å². The molecule has 2 rings (SSSR count). The number of nitrogens with zero attached hydrogens (tertiary/aromatic N) is 1. The topological polar surface area (TPSA) is 73.8 Å². The number of benzene rings is 1. The van der Waals surface area contributed by atoms with Crippen LogP contribution in [0.25, 0.3) is 11.3 Å². The maximum absolute atomic E-state index is 9.46. The number of aliphatic hydroxyl groups excluding tert-OH is 1. The highest BCUT2D eigenvalue weighted by atomic mass is 16.3. The molecule has 2 aromatic rings. The van der Waals surface area contributed by atoms with Gasteiger partial charge in [-0.15, -0.1) is 0 Å². The molecule has 1 heterocycles. The van der Waals surface area contributed by atoms with Crippen LogP contribution in [0, 0.1) is 11.3 Å². The van der Waals surface area contributed by atoms with Gasteiger partial charge in [0.05, 0.1) is 6.10 Å². The number of hydrogen-bond donors (Lipinski definition) is 2. The Bertz CT molecular complexity index is 565. The van der Waals surface area contributed by atoms with Crippen molar-refractivity contribution in [3.8, 4) is 17.4 Å². The van der Waals surface area contributed by atoms with Crippen molar-refractivity contribution < 1.29 is 14.8 Å². The van der Waals surface area contributed by atoms with Crippen molar-refractivity contribution in [3.63, 3.8) is 0 Å². The van der Waals surface area contributed by atoms with Crippen LogP contribution in [0.4, 0.5) is 0 Å². The lowest BCUT2D eigenvalue weighted by Gasteiger charge is -2.04. The molecule has 0 radical (unpaired) electrons. The monoisotopic (exact) mass is 257 g/mol. The van der Waals surface area contributed by atoms with Crippen molar-refractivity contribution in [2.24, 2.45) is 0 Å². The average Bonchev–Trinajstić information content (AvgIpc) is 2.88. The van der Waals surface area contributed by atoms with Gasteiger partial charge in [-0.05, 0) is 24.6 Å². The van der Waals surface area contributed by atoms with Gasteiger partial charge in [0, 0.05) is 5.56 Å². The standard InChI is InChI=1S/C15H16N2O2/c1-11(18)12-2-4-13(5-3-12)15-7-6-14(19-15)10-17-9-8-16/h2-7,11,17-18H,9-10H2,1H3/p+1/t11-/m0/s1. The van der Waals surface area contributed by atoms with Crippen molar-refractivity contribution in [3.05, 3.63) is 47.7 Å². The summed E-state index contributed by atoms with van der Waals surface area (Å²) in [5, 5.41) is 19.8. The van der Waals surface area contributed by atoms with Crippen LogP contribution in [-0.4, -0.2) is 11.7 Å². The van der Waals surface area contributed by atoms with E-state index in [1.807, 2.05) is 41.7 Å². The largest absolute Gasteiger partial charge is 0.455 e. The van der Waals surface area contributed by atoms with Crippen LogP contribution in [-0.2, 0) is 6.54 Å². The lowest BCUT2D eigenvalue weighted by Crippen LogP contribution is -2.82. The SMILES string of the molecule is C[C@H](O)c1ccc(-c2ccc(C[NH2+]CC#N)o2)cc1. The van der Waals surface area contributed by atoms with E-state index >= 15 is 0 Å².